The molecule has 7 atom stereocenters. The van der Waals surface area contributed by atoms with Gasteiger partial charge in [0.1, 0.15) is 0 Å². The van der Waals surface area contributed by atoms with E-state index in [0.29, 0.717) is 0 Å². The summed E-state index contributed by atoms with van der Waals surface area (Å²) in [5, 5.41) is 0. The van der Waals surface area contributed by atoms with Gasteiger partial charge in [-0.3, -0.25) is 4.18 Å². The second-order valence-electron chi connectivity index (χ2n) is 2.09. The summed E-state index contributed by atoms with van der Waals surface area (Å²) in [6, 6.07) is 0. The lowest BCUT2D eigenvalue weighted by Crippen LogP contribution is -1.93. The van der Waals surface area contributed by atoms with Gasteiger partial charge in [-0.2, -0.15) is 8.42 Å². The molecule has 0 aromatic heterocycles. The van der Waals surface area contributed by atoms with E-state index in [1.54, 1.807) is 0 Å². The van der Waals surface area contributed by atoms with Crippen LogP contribution in [0, 0.1) is 0 Å². The molecule has 0 amide bonds. The van der Waals surface area contributed by atoms with Crippen molar-refractivity contribution in [3.8, 4) is 0 Å². The molecule has 0 bridgehead atoms. The van der Waals surface area contributed by atoms with Crippen LogP contribution in [0.3, 0.4) is 0 Å². The highest BCUT2D eigenvalue weighted by atomic mass is 127. The van der Waals surface area contributed by atoms with Crippen molar-refractivity contribution < 1.29 is 12.6 Å². The number of halogens is 1. The lowest BCUT2D eigenvalue weighted by molar-refractivity contribution is 0.398. The Morgan fingerprint density at radius 1 is 1.22 bits per heavy atom. The monoisotopic (exact) mass is 553 g/mol. The average molecular weight is 553 g/mol. The van der Waals surface area contributed by atoms with Crippen LogP contribution in [0.5, 0.6) is 0 Å². The molecule has 0 spiro atoms. The van der Waals surface area contributed by atoms with E-state index in [1.807, 2.05) is 4.91 Å². The van der Waals surface area contributed by atoms with Gasteiger partial charge in [0.2, 0.25) is 0 Å². The van der Waals surface area contributed by atoms with E-state index in [0.717, 1.165) is 7.11 Å². The minimum absolute atomic E-state index is 0.138. The van der Waals surface area contributed by atoms with Crippen LogP contribution in [0.25, 0.3) is 10.4 Å². The van der Waals surface area contributed by atoms with Crippen LogP contribution < -0.4 is 0 Å². The van der Waals surface area contributed by atoms with Gasteiger partial charge in [0.05, 0.1) is 11.6 Å². The fourth-order valence-corrected chi connectivity index (χ4v) is 58.4. The molecule has 0 aromatic carbocycles. The molecule has 0 fully saturated rings. The maximum atomic E-state index is 9.96. The van der Waals surface area contributed by atoms with Crippen LogP contribution in [-0.4, -0.2) is 15.5 Å². The van der Waals surface area contributed by atoms with Gasteiger partial charge in [0.25, 0.3) is 0 Å². The molecule has 108 valence electrons. The Morgan fingerprint density at radius 2 is 1.67 bits per heavy atom. The van der Waals surface area contributed by atoms with Gasteiger partial charge >= 0.3 is 10.3 Å². The van der Waals surface area contributed by atoms with E-state index >= 15 is 0 Å². The first-order valence-electron chi connectivity index (χ1n) is 3.55. The van der Waals surface area contributed by atoms with Crippen LogP contribution in [0.4, 0.5) is 0 Å². The van der Waals surface area contributed by atoms with E-state index in [4.69, 9.17) is 5.53 Å². The molecule has 0 saturated heterocycles. The summed E-state index contributed by atoms with van der Waals surface area (Å²) in [7, 11) is 11.7. The van der Waals surface area contributed by atoms with Gasteiger partial charge in [0, 0.05) is 9.85 Å². The smallest absolute Gasteiger partial charge is 0.267 e. The first-order chi connectivity index (χ1) is 8.09. The average Bonchev–Trinajstić information content (AvgIpc) is 2.27. The molecular weight excluding hydrogens is 540 g/mol. The lowest BCUT2D eigenvalue weighted by Gasteiger charge is -2.24. The third kappa shape index (κ3) is 13.5. The fraction of sp³-hybridized carbons (Fsp3) is 1.00. The maximum Gasteiger partial charge on any atom is 0.358 e. The predicted molar refractivity (Wildman–Crippen MR) is 115 cm³/mol. The second kappa shape index (κ2) is 13.3. The van der Waals surface area contributed by atoms with Crippen LogP contribution in [0.2, 0.25) is 0 Å². The molecule has 7 unspecified atom stereocenters. The molecule has 0 heterocycles. The highest BCUT2D eigenvalue weighted by Crippen LogP contribution is 3.08. The summed E-state index contributed by atoms with van der Waals surface area (Å²) in [6.45, 7) is 0.493. The molecule has 18 heavy (non-hydrogen) atoms. The largest absolute Gasteiger partial charge is 0.358 e. The molecule has 0 aliphatic rings. The molecule has 0 aliphatic heterocycles. The maximum absolute atomic E-state index is 9.96. The Morgan fingerprint density at radius 3 is 1.78 bits per heavy atom. The van der Waals surface area contributed by atoms with Crippen LogP contribution in [0.1, 0.15) is 0 Å². The van der Waals surface area contributed by atoms with Crippen LogP contribution >= 0.6 is 92.6 Å². The zero-order valence-electron chi connectivity index (χ0n) is 9.03. The zero-order chi connectivity index (χ0) is 14.9. The summed E-state index contributed by atoms with van der Waals surface area (Å²) in [5.74, 6) is 0. The normalized spacial score (nSPS) is 14.5. The minimum Gasteiger partial charge on any atom is -0.267 e. The van der Waals surface area contributed by atoms with Crippen molar-refractivity contribution >= 4 is 103 Å². The Hall–Kier alpha value is 3.82. The molecule has 0 aliphatic carbocycles. The summed E-state index contributed by atoms with van der Waals surface area (Å²) in [5.41, 5.74) is 7.53. The summed E-state index contributed by atoms with van der Waals surface area (Å²) in [6.07, 6.45) is 0. The molecule has 6 nitrogen and oxygen atoms in total. The number of rotatable bonds is 5. The first kappa shape index (κ1) is 24.1. The quantitative estimate of drug-likeness (QED) is 0.135. The van der Waals surface area contributed by atoms with Gasteiger partial charge < -0.3 is 0 Å². The van der Waals surface area contributed by atoms with Gasteiger partial charge in [-0.15, -0.1) is 44.6 Å². The second-order valence-corrected chi connectivity index (χ2v) is 42.8. The zero-order valence-corrected chi connectivity index (χ0v) is 21.4. The molecule has 0 saturated carbocycles. The highest BCUT2D eigenvalue weighted by molar-refractivity contribution is 14.2. The number of hydrogen-bond donors (Lipinski definition) is 0. The predicted octanol–water partition coefficient (Wildman–Crippen LogP) is 6.15. The van der Waals surface area contributed by atoms with E-state index in [9.17, 15) is 8.42 Å². The Balaban J connectivity index is 0. The summed E-state index contributed by atoms with van der Waals surface area (Å²) < 4.78 is 25.9. The van der Waals surface area contributed by atoms with E-state index < -0.39 is 10.3 Å². The van der Waals surface area contributed by atoms with Crippen molar-refractivity contribution in [2.75, 3.05) is 7.11 Å². The van der Waals surface area contributed by atoms with Crippen molar-refractivity contribution in [2.24, 2.45) is 4.52 Å². The van der Waals surface area contributed by atoms with Crippen molar-refractivity contribution in [1.29, 1.82) is 0 Å². The van der Waals surface area contributed by atoms with Crippen molar-refractivity contribution in [3.63, 3.8) is 0 Å². The SMILES string of the molecule is COS(=O)(=O)N=[N+]=[N-].PP(P)P(P)P(I)P(P)P. The molecule has 0 aromatic rings. The van der Waals surface area contributed by atoms with Gasteiger partial charge in [-0.05, 0) is 48.5 Å². The first-order valence-corrected chi connectivity index (χ1v) is 23.3. The van der Waals surface area contributed by atoms with E-state index in [1.165, 1.54) is 0 Å². The summed E-state index contributed by atoms with van der Waals surface area (Å²) in [4.78, 5) is 2.23. The highest BCUT2D eigenvalue weighted by Gasteiger charge is 2.20. The molecule has 0 rings (SSSR count). The standard InChI is InChI=1S/CH3N3O3S.H10IP9/c1-7-8(5,6)4-3-2;1-7(8(2)3)10(6)9(4)5/h1H3;2-6H2. The van der Waals surface area contributed by atoms with Crippen LogP contribution in [0.15, 0.2) is 4.52 Å². The summed E-state index contributed by atoms with van der Waals surface area (Å²) >= 11 is 2.62. The Kier molecular flexibility index (Phi) is 17.8. The third-order valence-electron chi connectivity index (χ3n) is 0.943. The van der Waals surface area contributed by atoms with Gasteiger partial charge in [-0.25, -0.2) is 0 Å². The van der Waals surface area contributed by atoms with Gasteiger partial charge in [0.15, 0.2) is 0 Å². The molecule has 0 radical (unpaired) electrons. The molecule has 0 N–H and O–H groups in total. The van der Waals surface area contributed by atoms with E-state index in [2.05, 4.69) is 75.4 Å². The van der Waals surface area contributed by atoms with Crippen molar-refractivity contribution in [3.05, 3.63) is 10.4 Å². The molecule has 17 heteroatoms. The number of hydrogen-bond acceptors (Lipinski definition) is 3. The number of azide groups is 1. The topological polar surface area (TPSA) is 92.1 Å². The lowest BCUT2D eigenvalue weighted by atomic mass is 11.8. The fourth-order valence-electron chi connectivity index (χ4n) is 0.269. The van der Waals surface area contributed by atoms with Crippen molar-refractivity contribution in [2.45, 2.75) is 0 Å². The van der Waals surface area contributed by atoms with Crippen LogP contribution in [-0.2, 0) is 14.5 Å². The van der Waals surface area contributed by atoms with Gasteiger partial charge in [-0.1, -0.05) is 0 Å². The molecular formula is CH13IN3O3P9S. The number of nitrogens with zero attached hydrogens (tertiary/aromatic N) is 3. The van der Waals surface area contributed by atoms with Crippen molar-refractivity contribution in [1.82, 2.24) is 0 Å². The third-order valence-corrected chi connectivity index (χ3v) is 65.8. The Bertz CT molecular complexity index is 357. The minimum atomic E-state index is -3.96. The Labute approximate surface area is 136 Å². The van der Waals surface area contributed by atoms with E-state index in [-0.39, 0.29) is 25.9 Å².